The van der Waals surface area contributed by atoms with Crippen molar-refractivity contribution in [1.29, 1.82) is 0 Å². The van der Waals surface area contributed by atoms with E-state index in [4.69, 9.17) is 0 Å². The second kappa shape index (κ2) is 6.01. The quantitative estimate of drug-likeness (QED) is 0.444. The lowest BCUT2D eigenvalue weighted by atomic mass is 10.2. The maximum Gasteiger partial charge on any atom is 0.284 e. The van der Waals surface area contributed by atoms with Crippen LogP contribution in [0, 0.1) is 10.1 Å². The summed E-state index contributed by atoms with van der Waals surface area (Å²) in [6, 6.07) is 9.28. The maximum absolute atomic E-state index is 10.8. The number of hydrogen-bond donors (Lipinski definition) is 1. The van der Waals surface area contributed by atoms with Crippen molar-refractivity contribution in [2.75, 3.05) is 5.32 Å². The van der Waals surface area contributed by atoms with E-state index in [0.717, 1.165) is 18.5 Å². The van der Waals surface area contributed by atoms with Gasteiger partial charge in [0.05, 0.1) is 0 Å². The van der Waals surface area contributed by atoms with E-state index >= 15 is 0 Å². The van der Waals surface area contributed by atoms with E-state index in [1.54, 1.807) is 0 Å². The molecule has 0 aliphatic heterocycles. The molecule has 0 aliphatic carbocycles. The molecule has 0 radical (unpaired) electrons. The van der Waals surface area contributed by atoms with Crippen molar-refractivity contribution in [3.63, 3.8) is 0 Å². The molecule has 0 heterocycles. The second-order valence-corrected chi connectivity index (χ2v) is 3.45. The van der Waals surface area contributed by atoms with Crippen molar-refractivity contribution in [2.24, 2.45) is 0 Å². The van der Waals surface area contributed by atoms with E-state index in [-0.39, 0.29) is 4.92 Å². The number of hydrogen-bond acceptors (Lipinski definition) is 3. The van der Waals surface area contributed by atoms with Crippen molar-refractivity contribution in [1.82, 2.24) is 0 Å². The van der Waals surface area contributed by atoms with Crippen LogP contribution in [0.3, 0.4) is 0 Å². The molecule has 1 aromatic carbocycles. The van der Waals surface area contributed by atoms with Crippen LogP contribution in [-0.2, 0) is 0 Å². The second-order valence-electron chi connectivity index (χ2n) is 3.45. The maximum atomic E-state index is 10.8. The summed E-state index contributed by atoms with van der Waals surface area (Å²) in [5, 5.41) is 13.7. The van der Waals surface area contributed by atoms with Crippen LogP contribution < -0.4 is 5.32 Å². The standard InChI is InChI=1S/C11H16N2O2/c1-2-3-9-11(13(14)15)12-10-7-5-4-6-8-10/h4-8,11-12H,2-3,9H2,1H3. The van der Waals surface area contributed by atoms with Crippen LogP contribution in [0.2, 0.25) is 0 Å². The topological polar surface area (TPSA) is 55.2 Å². The highest BCUT2D eigenvalue weighted by atomic mass is 16.6. The van der Waals surface area contributed by atoms with Gasteiger partial charge in [0.2, 0.25) is 0 Å². The predicted molar refractivity (Wildman–Crippen MR) is 60.4 cm³/mol. The molecular formula is C11H16N2O2. The zero-order valence-corrected chi connectivity index (χ0v) is 8.85. The highest BCUT2D eigenvalue weighted by molar-refractivity contribution is 5.42. The number of nitrogens with zero attached hydrogens (tertiary/aromatic N) is 1. The molecule has 1 aromatic rings. The SMILES string of the molecule is CCCCC(Nc1ccccc1)[N+](=O)[O-]. The molecule has 4 nitrogen and oxygen atoms in total. The Morgan fingerprint density at radius 1 is 1.40 bits per heavy atom. The minimum Gasteiger partial charge on any atom is -0.324 e. The first-order valence-electron chi connectivity index (χ1n) is 5.19. The molecule has 82 valence electrons. The summed E-state index contributed by atoms with van der Waals surface area (Å²) in [6.07, 6.45) is 1.73. The Kier molecular flexibility index (Phi) is 4.60. The Labute approximate surface area is 89.5 Å². The molecule has 1 unspecified atom stereocenters. The van der Waals surface area contributed by atoms with Gasteiger partial charge in [-0.1, -0.05) is 31.5 Å². The number of anilines is 1. The van der Waals surface area contributed by atoms with E-state index < -0.39 is 6.17 Å². The highest BCUT2D eigenvalue weighted by Crippen LogP contribution is 2.11. The van der Waals surface area contributed by atoms with E-state index in [2.05, 4.69) is 5.32 Å². The fraction of sp³-hybridized carbons (Fsp3) is 0.455. The monoisotopic (exact) mass is 208 g/mol. The van der Waals surface area contributed by atoms with Crippen molar-refractivity contribution in [2.45, 2.75) is 32.4 Å². The third-order valence-corrected chi connectivity index (χ3v) is 2.19. The summed E-state index contributed by atoms with van der Waals surface area (Å²) < 4.78 is 0. The van der Waals surface area contributed by atoms with Crippen LogP contribution >= 0.6 is 0 Å². The molecule has 0 bridgehead atoms. The highest BCUT2D eigenvalue weighted by Gasteiger charge is 2.17. The number of para-hydroxylation sites is 1. The zero-order chi connectivity index (χ0) is 11.1. The third kappa shape index (κ3) is 3.97. The van der Waals surface area contributed by atoms with Crippen LogP contribution in [0.15, 0.2) is 30.3 Å². The first-order chi connectivity index (χ1) is 7.24. The van der Waals surface area contributed by atoms with Gasteiger partial charge in [-0.15, -0.1) is 0 Å². The number of benzene rings is 1. The van der Waals surface area contributed by atoms with E-state index in [9.17, 15) is 10.1 Å². The van der Waals surface area contributed by atoms with Crippen LogP contribution in [0.5, 0.6) is 0 Å². The Balaban J connectivity index is 2.55. The molecule has 15 heavy (non-hydrogen) atoms. The first-order valence-corrected chi connectivity index (χ1v) is 5.19. The summed E-state index contributed by atoms with van der Waals surface area (Å²) in [7, 11) is 0. The van der Waals surface area contributed by atoms with Crippen molar-refractivity contribution >= 4 is 5.69 Å². The van der Waals surface area contributed by atoms with Crippen LogP contribution in [0.25, 0.3) is 0 Å². The molecule has 0 amide bonds. The number of nitrogens with one attached hydrogen (secondary N) is 1. The molecule has 0 fully saturated rings. The average Bonchev–Trinajstić information content (AvgIpc) is 2.25. The Morgan fingerprint density at radius 2 is 2.07 bits per heavy atom. The number of unbranched alkanes of at least 4 members (excludes halogenated alkanes) is 1. The van der Waals surface area contributed by atoms with Crippen molar-refractivity contribution in [3.8, 4) is 0 Å². The smallest absolute Gasteiger partial charge is 0.284 e. The molecule has 1 atom stereocenters. The van der Waals surface area contributed by atoms with Gasteiger partial charge >= 0.3 is 0 Å². The Bertz CT molecular complexity index is 301. The Hall–Kier alpha value is -1.58. The Morgan fingerprint density at radius 3 is 2.60 bits per heavy atom. The summed E-state index contributed by atoms with van der Waals surface area (Å²) in [5.41, 5.74) is 0.801. The molecular weight excluding hydrogens is 192 g/mol. The fourth-order valence-corrected chi connectivity index (χ4v) is 1.35. The molecule has 1 N–H and O–H groups in total. The van der Waals surface area contributed by atoms with Gasteiger partial charge in [-0.2, -0.15) is 0 Å². The van der Waals surface area contributed by atoms with E-state index in [1.165, 1.54) is 0 Å². The van der Waals surface area contributed by atoms with Crippen LogP contribution in [-0.4, -0.2) is 11.1 Å². The van der Waals surface area contributed by atoms with Gasteiger partial charge in [0.1, 0.15) is 0 Å². The fourth-order valence-electron chi connectivity index (χ4n) is 1.35. The molecule has 0 saturated carbocycles. The lowest BCUT2D eigenvalue weighted by molar-refractivity contribution is -0.515. The molecule has 4 heteroatoms. The van der Waals surface area contributed by atoms with Crippen LogP contribution in [0.1, 0.15) is 26.2 Å². The van der Waals surface area contributed by atoms with E-state index in [0.29, 0.717) is 6.42 Å². The van der Waals surface area contributed by atoms with Gasteiger partial charge in [-0.3, -0.25) is 10.1 Å². The third-order valence-electron chi connectivity index (χ3n) is 2.19. The van der Waals surface area contributed by atoms with E-state index in [1.807, 2.05) is 37.3 Å². The number of rotatable bonds is 6. The normalized spacial score (nSPS) is 12.1. The van der Waals surface area contributed by atoms with Gasteiger partial charge in [0.15, 0.2) is 0 Å². The van der Waals surface area contributed by atoms with Crippen molar-refractivity contribution < 1.29 is 4.92 Å². The first kappa shape index (κ1) is 11.5. The minimum absolute atomic E-state index is 0.261. The van der Waals surface area contributed by atoms with Crippen LogP contribution in [0.4, 0.5) is 5.69 Å². The minimum atomic E-state index is -0.674. The predicted octanol–water partition coefficient (Wildman–Crippen LogP) is 2.89. The molecule has 0 aliphatic rings. The van der Waals surface area contributed by atoms with Crippen molar-refractivity contribution in [3.05, 3.63) is 40.4 Å². The summed E-state index contributed by atoms with van der Waals surface area (Å²) in [6.45, 7) is 2.03. The molecule has 0 aromatic heterocycles. The van der Waals surface area contributed by atoms with Gasteiger partial charge in [0.25, 0.3) is 6.17 Å². The number of nitro groups is 1. The molecule has 0 saturated heterocycles. The van der Waals surface area contributed by atoms with Gasteiger partial charge in [0, 0.05) is 17.0 Å². The summed E-state index contributed by atoms with van der Waals surface area (Å²) >= 11 is 0. The lowest BCUT2D eigenvalue weighted by Crippen LogP contribution is -2.28. The largest absolute Gasteiger partial charge is 0.324 e. The zero-order valence-electron chi connectivity index (χ0n) is 8.85. The van der Waals surface area contributed by atoms with Gasteiger partial charge < -0.3 is 5.32 Å². The van der Waals surface area contributed by atoms with Gasteiger partial charge in [-0.05, 0) is 18.6 Å². The van der Waals surface area contributed by atoms with Gasteiger partial charge in [-0.25, -0.2) is 0 Å². The molecule has 1 rings (SSSR count). The summed E-state index contributed by atoms with van der Waals surface area (Å²) in [5.74, 6) is 0. The lowest BCUT2D eigenvalue weighted by Gasteiger charge is -2.11. The summed E-state index contributed by atoms with van der Waals surface area (Å²) in [4.78, 5) is 10.5. The molecule has 0 spiro atoms. The average molecular weight is 208 g/mol.